The summed E-state index contributed by atoms with van der Waals surface area (Å²) in [6.07, 6.45) is 3.81. The molecule has 1 amide bonds. The summed E-state index contributed by atoms with van der Waals surface area (Å²) >= 11 is 6.25. The number of benzene rings is 2. The van der Waals surface area contributed by atoms with Crippen LogP contribution in [0.5, 0.6) is 0 Å². The molecule has 110 valence electrons. The Morgan fingerprint density at radius 1 is 1.14 bits per heavy atom. The zero-order valence-corrected chi connectivity index (χ0v) is 12.8. The Labute approximate surface area is 130 Å². The van der Waals surface area contributed by atoms with Crippen LogP contribution in [0.3, 0.4) is 0 Å². The van der Waals surface area contributed by atoms with Crippen LogP contribution in [-0.2, 0) is 11.2 Å². The maximum atomic E-state index is 12.2. The molecule has 0 radical (unpaired) electrons. The molecule has 0 saturated heterocycles. The number of hydrogen-bond acceptors (Lipinski definition) is 1. The van der Waals surface area contributed by atoms with Gasteiger partial charge in [0.15, 0.2) is 0 Å². The van der Waals surface area contributed by atoms with Crippen molar-refractivity contribution in [3.05, 3.63) is 48.0 Å². The second-order valence-corrected chi connectivity index (χ2v) is 6.39. The molecule has 2 nitrogen and oxygen atoms in total. The fraction of sp³-hybridized carbons (Fsp3) is 0.389. The van der Waals surface area contributed by atoms with E-state index in [9.17, 15) is 4.79 Å². The van der Waals surface area contributed by atoms with E-state index in [1.54, 1.807) is 0 Å². The summed E-state index contributed by atoms with van der Waals surface area (Å²) < 4.78 is 0. The highest BCUT2D eigenvalue weighted by molar-refractivity contribution is 6.21. The van der Waals surface area contributed by atoms with Gasteiger partial charge < -0.3 is 5.32 Å². The lowest BCUT2D eigenvalue weighted by molar-refractivity contribution is -0.120. The van der Waals surface area contributed by atoms with Crippen molar-refractivity contribution >= 4 is 28.3 Å². The summed E-state index contributed by atoms with van der Waals surface area (Å²) in [7, 11) is 0. The van der Waals surface area contributed by atoms with Gasteiger partial charge in [-0.25, -0.2) is 0 Å². The first kappa shape index (κ1) is 14.4. The molecule has 0 heterocycles. The Morgan fingerprint density at radius 2 is 1.95 bits per heavy atom. The number of alkyl halides is 1. The number of rotatable bonds is 4. The van der Waals surface area contributed by atoms with Crippen molar-refractivity contribution in [2.45, 2.75) is 31.1 Å². The molecule has 2 aromatic carbocycles. The Morgan fingerprint density at radius 3 is 2.76 bits per heavy atom. The third-order valence-corrected chi connectivity index (χ3v) is 4.93. The van der Waals surface area contributed by atoms with E-state index in [0.717, 1.165) is 23.8 Å². The van der Waals surface area contributed by atoms with Gasteiger partial charge in [-0.15, -0.1) is 11.6 Å². The predicted octanol–water partition coefficient (Wildman–Crippen LogP) is 3.91. The molecule has 0 spiro atoms. The minimum Gasteiger partial charge on any atom is -0.355 e. The molecular weight excluding hydrogens is 282 g/mol. The molecule has 2 unspecified atom stereocenters. The molecule has 1 N–H and O–H groups in total. The maximum absolute atomic E-state index is 12.2. The molecule has 1 aliphatic carbocycles. The molecule has 2 atom stereocenters. The summed E-state index contributed by atoms with van der Waals surface area (Å²) in [5.41, 5.74) is 1.08. The maximum Gasteiger partial charge on any atom is 0.224 e. The first-order valence-electron chi connectivity index (χ1n) is 7.61. The van der Waals surface area contributed by atoms with E-state index in [4.69, 9.17) is 11.6 Å². The van der Waals surface area contributed by atoms with Crippen molar-refractivity contribution in [1.29, 1.82) is 0 Å². The van der Waals surface area contributed by atoms with Gasteiger partial charge in [-0.2, -0.15) is 0 Å². The van der Waals surface area contributed by atoms with Crippen molar-refractivity contribution in [3.8, 4) is 0 Å². The minimum atomic E-state index is 0.0853. The minimum absolute atomic E-state index is 0.0853. The Kier molecular flexibility index (Phi) is 4.45. The molecule has 3 heteroatoms. The largest absolute Gasteiger partial charge is 0.355 e. The summed E-state index contributed by atoms with van der Waals surface area (Å²) in [4.78, 5) is 12.2. The van der Waals surface area contributed by atoms with Crippen molar-refractivity contribution in [1.82, 2.24) is 5.32 Å². The van der Waals surface area contributed by atoms with E-state index in [2.05, 4.69) is 23.5 Å². The number of carbonyl (C=O) groups is 1. The number of fused-ring (bicyclic) bond motifs is 1. The van der Waals surface area contributed by atoms with Crippen LogP contribution in [0.25, 0.3) is 10.8 Å². The summed E-state index contributed by atoms with van der Waals surface area (Å²) in [5, 5.41) is 5.61. The van der Waals surface area contributed by atoms with Crippen LogP contribution < -0.4 is 5.32 Å². The van der Waals surface area contributed by atoms with E-state index < -0.39 is 0 Å². The standard InChI is InChI=1S/C18H20ClNO/c19-17-10-4-8-15(17)12-20-18(21)11-14-7-3-6-13-5-1-2-9-16(13)14/h1-3,5-7,9,15,17H,4,8,10-12H2,(H,20,21). The van der Waals surface area contributed by atoms with Crippen LogP contribution >= 0.6 is 11.6 Å². The average Bonchev–Trinajstić information content (AvgIpc) is 2.91. The molecule has 21 heavy (non-hydrogen) atoms. The average molecular weight is 302 g/mol. The highest BCUT2D eigenvalue weighted by atomic mass is 35.5. The second-order valence-electron chi connectivity index (χ2n) is 5.83. The molecule has 2 aromatic rings. The quantitative estimate of drug-likeness (QED) is 0.853. The molecule has 0 bridgehead atoms. The van der Waals surface area contributed by atoms with Crippen LogP contribution in [0.2, 0.25) is 0 Å². The zero-order chi connectivity index (χ0) is 14.7. The Balaban J connectivity index is 1.63. The fourth-order valence-electron chi connectivity index (χ4n) is 3.15. The van der Waals surface area contributed by atoms with Crippen molar-refractivity contribution in [2.24, 2.45) is 5.92 Å². The third-order valence-electron chi connectivity index (χ3n) is 4.36. The highest BCUT2D eigenvalue weighted by Crippen LogP contribution is 2.29. The van der Waals surface area contributed by atoms with Gasteiger partial charge in [0, 0.05) is 11.9 Å². The van der Waals surface area contributed by atoms with Crippen molar-refractivity contribution < 1.29 is 4.79 Å². The first-order valence-corrected chi connectivity index (χ1v) is 8.05. The van der Waals surface area contributed by atoms with E-state index >= 15 is 0 Å². The normalized spacial score (nSPS) is 21.6. The summed E-state index contributed by atoms with van der Waals surface area (Å²) in [6.45, 7) is 0.706. The van der Waals surface area contributed by atoms with Crippen LogP contribution in [0.4, 0.5) is 0 Å². The lowest BCUT2D eigenvalue weighted by Gasteiger charge is -2.14. The molecule has 1 fully saturated rings. The number of carbonyl (C=O) groups excluding carboxylic acids is 1. The molecule has 0 aromatic heterocycles. The topological polar surface area (TPSA) is 29.1 Å². The summed E-state index contributed by atoms with van der Waals surface area (Å²) in [6, 6.07) is 14.3. The molecule has 1 saturated carbocycles. The number of nitrogens with one attached hydrogen (secondary N) is 1. The number of halogens is 1. The molecule has 3 rings (SSSR count). The highest BCUT2D eigenvalue weighted by Gasteiger charge is 2.25. The molecule has 1 aliphatic rings. The zero-order valence-electron chi connectivity index (χ0n) is 12.0. The smallest absolute Gasteiger partial charge is 0.224 e. The van der Waals surface area contributed by atoms with Gasteiger partial charge in [0.25, 0.3) is 0 Å². The van der Waals surface area contributed by atoms with Crippen LogP contribution in [0.15, 0.2) is 42.5 Å². The predicted molar refractivity (Wildman–Crippen MR) is 87.6 cm³/mol. The Hall–Kier alpha value is -1.54. The lowest BCUT2D eigenvalue weighted by atomic mass is 10.0. The fourth-order valence-corrected chi connectivity index (χ4v) is 3.52. The van der Waals surface area contributed by atoms with E-state index in [-0.39, 0.29) is 11.3 Å². The van der Waals surface area contributed by atoms with Gasteiger partial charge in [0.2, 0.25) is 5.91 Å². The van der Waals surface area contributed by atoms with Gasteiger partial charge in [-0.05, 0) is 35.1 Å². The van der Waals surface area contributed by atoms with E-state index in [1.165, 1.54) is 11.8 Å². The van der Waals surface area contributed by atoms with Gasteiger partial charge in [0.1, 0.15) is 0 Å². The summed E-state index contributed by atoms with van der Waals surface area (Å²) in [5.74, 6) is 0.519. The van der Waals surface area contributed by atoms with E-state index in [0.29, 0.717) is 18.9 Å². The monoisotopic (exact) mass is 301 g/mol. The van der Waals surface area contributed by atoms with Gasteiger partial charge in [0.05, 0.1) is 6.42 Å². The Bertz CT molecular complexity index is 635. The van der Waals surface area contributed by atoms with Gasteiger partial charge in [-0.1, -0.05) is 48.9 Å². The molecule has 0 aliphatic heterocycles. The van der Waals surface area contributed by atoms with Crippen LogP contribution in [-0.4, -0.2) is 17.8 Å². The van der Waals surface area contributed by atoms with Crippen LogP contribution in [0, 0.1) is 5.92 Å². The second kappa shape index (κ2) is 6.48. The van der Waals surface area contributed by atoms with Crippen molar-refractivity contribution in [2.75, 3.05) is 6.54 Å². The molecular formula is C18H20ClNO. The van der Waals surface area contributed by atoms with Gasteiger partial charge >= 0.3 is 0 Å². The van der Waals surface area contributed by atoms with Crippen molar-refractivity contribution in [3.63, 3.8) is 0 Å². The first-order chi connectivity index (χ1) is 10.2. The van der Waals surface area contributed by atoms with Gasteiger partial charge in [-0.3, -0.25) is 4.79 Å². The number of hydrogen-bond donors (Lipinski definition) is 1. The van der Waals surface area contributed by atoms with Crippen LogP contribution in [0.1, 0.15) is 24.8 Å². The number of amides is 1. The van der Waals surface area contributed by atoms with E-state index in [1.807, 2.05) is 24.3 Å². The third kappa shape index (κ3) is 3.38. The SMILES string of the molecule is O=C(Cc1cccc2ccccc12)NCC1CCCC1Cl. The lowest BCUT2D eigenvalue weighted by Crippen LogP contribution is -2.32.